The van der Waals surface area contributed by atoms with E-state index < -0.39 is 10.0 Å². The Kier molecular flexibility index (Phi) is 6.65. The third-order valence-electron chi connectivity index (χ3n) is 5.17. The van der Waals surface area contributed by atoms with Crippen LogP contribution in [0.3, 0.4) is 0 Å². The van der Waals surface area contributed by atoms with E-state index in [2.05, 4.69) is 5.32 Å². The van der Waals surface area contributed by atoms with Gasteiger partial charge in [-0.15, -0.1) is 0 Å². The van der Waals surface area contributed by atoms with Crippen LogP contribution in [-0.4, -0.2) is 28.5 Å². The van der Waals surface area contributed by atoms with Crippen molar-refractivity contribution in [1.82, 2.24) is 5.32 Å². The molecule has 0 radical (unpaired) electrons. The molecule has 162 valence electrons. The lowest BCUT2D eigenvalue weighted by Gasteiger charge is -2.21. The van der Waals surface area contributed by atoms with Gasteiger partial charge >= 0.3 is 0 Å². The number of rotatable bonds is 7. The number of sulfonamides is 1. The van der Waals surface area contributed by atoms with Gasteiger partial charge in [-0.05, 0) is 61.4 Å². The van der Waals surface area contributed by atoms with Crippen LogP contribution in [0.15, 0.2) is 77.7 Å². The summed E-state index contributed by atoms with van der Waals surface area (Å²) in [7, 11) is -0.714. The Balaban J connectivity index is 1.81. The van der Waals surface area contributed by atoms with Crippen molar-refractivity contribution >= 4 is 21.6 Å². The number of anilines is 1. The lowest BCUT2D eigenvalue weighted by Crippen LogP contribution is -2.29. The summed E-state index contributed by atoms with van der Waals surface area (Å²) in [4.78, 5) is 12.8. The molecule has 0 unspecified atom stereocenters. The molecule has 3 aromatic rings. The predicted octanol–water partition coefficient (Wildman–Crippen LogP) is 4.32. The molecule has 0 aliphatic carbocycles. The fourth-order valence-corrected chi connectivity index (χ4v) is 4.56. The first-order valence-electron chi connectivity index (χ1n) is 9.83. The molecular formula is C24H26N2O4S. The van der Waals surface area contributed by atoms with Crippen LogP contribution in [0.4, 0.5) is 5.69 Å². The highest BCUT2D eigenvalue weighted by molar-refractivity contribution is 7.92. The lowest BCUT2D eigenvalue weighted by atomic mass is 10.1. The zero-order valence-electron chi connectivity index (χ0n) is 18.0. The van der Waals surface area contributed by atoms with E-state index in [1.54, 1.807) is 31.4 Å². The predicted molar refractivity (Wildman–Crippen MR) is 122 cm³/mol. The number of amides is 1. The first kappa shape index (κ1) is 22.4. The number of carbonyl (C=O) groups excluding carboxylic acids is 1. The number of nitrogens with one attached hydrogen (secondary N) is 1. The molecular weight excluding hydrogens is 412 g/mol. The van der Waals surface area contributed by atoms with Crippen molar-refractivity contribution in [2.45, 2.75) is 24.8 Å². The first-order chi connectivity index (χ1) is 14.7. The molecule has 0 aromatic heterocycles. The van der Waals surface area contributed by atoms with Crippen LogP contribution in [-0.2, 0) is 10.0 Å². The van der Waals surface area contributed by atoms with Gasteiger partial charge in [-0.3, -0.25) is 9.10 Å². The van der Waals surface area contributed by atoms with Gasteiger partial charge in [-0.25, -0.2) is 8.42 Å². The van der Waals surface area contributed by atoms with E-state index in [0.717, 1.165) is 16.9 Å². The smallest absolute Gasteiger partial charge is 0.264 e. The van der Waals surface area contributed by atoms with E-state index in [0.29, 0.717) is 5.69 Å². The maximum Gasteiger partial charge on any atom is 0.264 e. The highest BCUT2D eigenvalue weighted by atomic mass is 32.2. The monoisotopic (exact) mass is 438 g/mol. The molecule has 1 atom stereocenters. The van der Waals surface area contributed by atoms with Gasteiger partial charge in [0.1, 0.15) is 5.75 Å². The fraction of sp³-hybridized carbons (Fsp3) is 0.208. The summed E-state index contributed by atoms with van der Waals surface area (Å²) in [5.74, 6) is 0.386. The van der Waals surface area contributed by atoms with Crippen molar-refractivity contribution < 1.29 is 17.9 Å². The van der Waals surface area contributed by atoms with Crippen LogP contribution < -0.4 is 14.4 Å². The van der Waals surface area contributed by atoms with Crippen molar-refractivity contribution in [3.05, 3.63) is 89.5 Å². The largest absolute Gasteiger partial charge is 0.497 e. The van der Waals surface area contributed by atoms with Gasteiger partial charge in [0.2, 0.25) is 0 Å². The van der Waals surface area contributed by atoms with Crippen molar-refractivity contribution in [2.75, 3.05) is 18.5 Å². The quantitative estimate of drug-likeness (QED) is 0.596. The Hall–Kier alpha value is -3.32. The second-order valence-electron chi connectivity index (χ2n) is 7.26. The number of ether oxygens (including phenoxy) is 1. The number of hydrogen-bond acceptors (Lipinski definition) is 4. The van der Waals surface area contributed by atoms with Gasteiger partial charge in [0, 0.05) is 12.6 Å². The Morgan fingerprint density at radius 1 is 1.00 bits per heavy atom. The molecule has 0 saturated heterocycles. The number of methoxy groups -OCH3 is 1. The number of nitrogens with zero attached hydrogens (tertiary/aromatic N) is 1. The molecule has 1 N–H and O–H groups in total. The third-order valence-corrected chi connectivity index (χ3v) is 6.94. The highest BCUT2D eigenvalue weighted by Crippen LogP contribution is 2.25. The summed E-state index contributed by atoms with van der Waals surface area (Å²) in [5.41, 5.74) is 2.62. The van der Waals surface area contributed by atoms with E-state index in [-0.39, 0.29) is 22.4 Å². The van der Waals surface area contributed by atoms with E-state index in [1.807, 2.05) is 50.2 Å². The minimum Gasteiger partial charge on any atom is -0.497 e. The average Bonchev–Trinajstić information content (AvgIpc) is 2.79. The maximum atomic E-state index is 13.1. The van der Waals surface area contributed by atoms with Gasteiger partial charge < -0.3 is 10.1 Å². The summed E-state index contributed by atoms with van der Waals surface area (Å²) in [6.07, 6.45) is 0. The summed E-state index contributed by atoms with van der Waals surface area (Å²) < 4.78 is 32.7. The summed E-state index contributed by atoms with van der Waals surface area (Å²) >= 11 is 0. The Bertz CT molecular complexity index is 1170. The van der Waals surface area contributed by atoms with Crippen LogP contribution in [0.2, 0.25) is 0 Å². The number of benzene rings is 3. The molecule has 0 fully saturated rings. The summed E-state index contributed by atoms with van der Waals surface area (Å²) in [6, 6.07) is 20.5. The van der Waals surface area contributed by atoms with Crippen LogP contribution in [0.1, 0.15) is 34.5 Å². The van der Waals surface area contributed by atoms with E-state index in [1.165, 1.54) is 23.5 Å². The Morgan fingerprint density at radius 3 is 2.32 bits per heavy atom. The van der Waals surface area contributed by atoms with Crippen LogP contribution >= 0.6 is 0 Å². The highest BCUT2D eigenvalue weighted by Gasteiger charge is 2.23. The molecule has 0 aliphatic heterocycles. The number of carbonyl (C=O) groups is 1. The van der Waals surface area contributed by atoms with Crippen molar-refractivity contribution in [1.29, 1.82) is 0 Å². The number of hydrogen-bond donors (Lipinski definition) is 1. The van der Waals surface area contributed by atoms with E-state index in [9.17, 15) is 13.2 Å². The molecule has 0 heterocycles. The Morgan fingerprint density at radius 2 is 1.68 bits per heavy atom. The minimum atomic E-state index is -3.82. The standard InChI is InChI=1S/C24H26N2O4S/c1-17-8-5-6-11-23(17)26(3)31(28,29)22-10-7-9-20(16-22)24(27)25-18(2)19-12-14-21(30-4)15-13-19/h5-16,18H,1-4H3,(H,25,27)/t18-/m0/s1. The Labute approximate surface area is 183 Å². The molecule has 0 saturated carbocycles. The van der Waals surface area contributed by atoms with Gasteiger partial charge in [0.15, 0.2) is 0 Å². The van der Waals surface area contributed by atoms with Crippen LogP contribution in [0.25, 0.3) is 0 Å². The molecule has 3 aromatic carbocycles. The number of aryl methyl sites for hydroxylation is 1. The number of para-hydroxylation sites is 1. The molecule has 31 heavy (non-hydrogen) atoms. The second-order valence-corrected chi connectivity index (χ2v) is 9.22. The molecule has 0 bridgehead atoms. The second kappa shape index (κ2) is 9.22. The average molecular weight is 439 g/mol. The van der Waals surface area contributed by atoms with Gasteiger partial charge in [-0.1, -0.05) is 36.4 Å². The van der Waals surface area contributed by atoms with Crippen LogP contribution in [0, 0.1) is 6.92 Å². The maximum absolute atomic E-state index is 13.1. The summed E-state index contributed by atoms with van der Waals surface area (Å²) in [6.45, 7) is 3.72. The SMILES string of the molecule is COc1ccc([C@H](C)NC(=O)c2cccc(S(=O)(=O)N(C)c3ccccc3C)c2)cc1. The van der Waals surface area contributed by atoms with Crippen LogP contribution in [0.5, 0.6) is 5.75 Å². The molecule has 0 aliphatic rings. The fourth-order valence-electron chi connectivity index (χ4n) is 3.26. The van der Waals surface area contributed by atoms with Crippen molar-refractivity contribution in [3.63, 3.8) is 0 Å². The molecule has 6 nitrogen and oxygen atoms in total. The molecule has 3 rings (SSSR count). The first-order valence-corrected chi connectivity index (χ1v) is 11.3. The van der Waals surface area contributed by atoms with Gasteiger partial charge in [0.05, 0.1) is 23.7 Å². The lowest BCUT2D eigenvalue weighted by molar-refractivity contribution is 0.0939. The molecule has 1 amide bonds. The van der Waals surface area contributed by atoms with Gasteiger partial charge in [0.25, 0.3) is 15.9 Å². The summed E-state index contributed by atoms with van der Waals surface area (Å²) in [5, 5.41) is 2.91. The van der Waals surface area contributed by atoms with Gasteiger partial charge in [-0.2, -0.15) is 0 Å². The van der Waals surface area contributed by atoms with E-state index in [4.69, 9.17) is 4.74 Å². The normalized spacial score (nSPS) is 12.1. The molecule has 0 spiro atoms. The van der Waals surface area contributed by atoms with E-state index >= 15 is 0 Å². The minimum absolute atomic E-state index is 0.0583. The van der Waals surface area contributed by atoms with Crippen molar-refractivity contribution in [3.8, 4) is 5.75 Å². The zero-order chi connectivity index (χ0) is 22.6. The topological polar surface area (TPSA) is 75.7 Å². The van der Waals surface area contributed by atoms with Crippen molar-refractivity contribution in [2.24, 2.45) is 0 Å². The zero-order valence-corrected chi connectivity index (χ0v) is 18.8. The third kappa shape index (κ3) is 4.88. The molecule has 7 heteroatoms.